The van der Waals surface area contributed by atoms with Crippen LogP contribution in [0.1, 0.15) is 16.8 Å². The molecule has 0 amide bonds. The van der Waals surface area contributed by atoms with Gasteiger partial charge in [-0.3, -0.25) is 0 Å². The fourth-order valence-electron chi connectivity index (χ4n) is 1.34. The van der Waals surface area contributed by atoms with Gasteiger partial charge in [-0.05, 0) is 24.6 Å². The molecule has 0 bridgehead atoms. The van der Waals surface area contributed by atoms with Crippen molar-refractivity contribution in [2.45, 2.75) is 12.7 Å². The van der Waals surface area contributed by atoms with Gasteiger partial charge >= 0.3 is 5.97 Å². The number of benzene rings is 1. The van der Waals surface area contributed by atoms with Gasteiger partial charge in [0.1, 0.15) is 0 Å². The molecule has 0 aliphatic carbocycles. The molecule has 0 radical (unpaired) electrons. The van der Waals surface area contributed by atoms with Crippen molar-refractivity contribution in [1.82, 2.24) is 0 Å². The Bertz CT molecular complexity index is 369. The molecule has 1 rings (SSSR count). The van der Waals surface area contributed by atoms with Gasteiger partial charge in [0.05, 0.1) is 12.2 Å². The number of rotatable bonds is 7. The van der Waals surface area contributed by atoms with Crippen LogP contribution in [0.2, 0.25) is 0 Å². The number of methoxy groups -OCH3 is 2. The zero-order chi connectivity index (χ0) is 13.2. The summed E-state index contributed by atoms with van der Waals surface area (Å²) in [4.78, 5) is 11.6. The average Bonchev–Trinajstić information content (AvgIpc) is 2.43. The predicted octanol–water partition coefficient (Wildman–Crippen LogP) is 2.41. The molecule has 0 N–H and O–H groups in total. The van der Waals surface area contributed by atoms with E-state index in [4.69, 9.17) is 14.2 Å². The van der Waals surface area contributed by atoms with E-state index in [2.05, 4.69) is 0 Å². The number of carbonyl (C=O) groups excluding carboxylic acids is 1. The first kappa shape index (κ1) is 14.4. The van der Waals surface area contributed by atoms with Crippen molar-refractivity contribution in [3.8, 4) is 0 Å². The van der Waals surface area contributed by atoms with E-state index in [0.29, 0.717) is 18.6 Å². The van der Waals surface area contributed by atoms with Crippen molar-refractivity contribution in [1.29, 1.82) is 0 Å². The minimum absolute atomic E-state index is 0.306. The summed E-state index contributed by atoms with van der Waals surface area (Å²) < 4.78 is 15.1. The van der Waals surface area contributed by atoms with Crippen LogP contribution in [-0.2, 0) is 14.2 Å². The van der Waals surface area contributed by atoms with Crippen molar-refractivity contribution in [2.75, 3.05) is 20.8 Å². The second-order valence-electron chi connectivity index (χ2n) is 3.56. The van der Waals surface area contributed by atoms with Gasteiger partial charge in [-0.2, -0.15) is 0 Å². The van der Waals surface area contributed by atoms with Gasteiger partial charge in [-0.25, -0.2) is 4.79 Å². The fraction of sp³-hybridized carbons (Fsp3) is 0.357. The summed E-state index contributed by atoms with van der Waals surface area (Å²) in [6, 6.07) is 8.92. The van der Waals surface area contributed by atoms with E-state index in [9.17, 15) is 4.79 Å². The van der Waals surface area contributed by atoms with E-state index < -0.39 is 0 Å². The van der Waals surface area contributed by atoms with Crippen LogP contribution in [0.4, 0.5) is 0 Å². The number of hydrogen-bond acceptors (Lipinski definition) is 4. The minimum Gasteiger partial charge on any atom is -0.462 e. The zero-order valence-corrected chi connectivity index (χ0v) is 10.7. The van der Waals surface area contributed by atoms with E-state index in [-0.39, 0.29) is 12.3 Å². The Morgan fingerprint density at radius 1 is 1.22 bits per heavy atom. The third kappa shape index (κ3) is 5.12. The topological polar surface area (TPSA) is 44.8 Å². The fourth-order valence-corrected chi connectivity index (χ4v) is 1.34. The molecule has 0 unspecified atom stereocenters. The first-order chi connectivity index (χ1) is 8.77. The number of hydrogen-bond donors (Lipinski definition) is 0. The van der Waals surface area contributed by atoms with Crippen molar-refractivity contribution in [3.63, 3.8) is 0 Å². The van der Waals surface area contributed by atoms with Crippen LogP contribution in [0.5, 0.6) is 0 Å². The molecule has 0 fully saturated rings. The number of ether oxygens (including phenoxy) is 3. The summed E-state index contributed by atoms with van der Waals surface area (Å²) in [5, 5.41) is 0. The molecule has 4 heteroatoms. The highest BCUT2D eigenvalue weighted by Gasteiger charge is 2.04. The SMILES string of the molecule is COC(C=CCCOC(=O)c1ccccc1)OC. The zero-order valence-electron chi connectivity index (χ0n) is 10.7. The van der Waals surface area contributed by atoms with Crippen LogP contribution in [0.25, 0.3) is 0 Å². The molecular formula is C14H18O4. The van der Waals surface area contributed by atoms with Crippen LogP contribution < -0.4 is 0 Å². The molecule has 0 heterocycles. The van der Waals surface area contributed by atoms with Crippen molar-refractivity contribution in [2.24, 2.45) is 0 Å². The van der Waals surface area contributed by atoms with Gasteiger partial charge in [0.15, 0.2) is 6.29 Å². The Balaban J connectivity index is 2.24. The number of esters is 1. The molecule has 0 aliphatic rings. The Morgan fingerprint density at radius 3 is 2.50 bits per heavy atom. The summed E-state index contributed by atoms with van der Waals surface area (Å²) >= 11 is 0. The van der Waals surface area contributed by atoms with E-state index in [1.165, 1.54) is 0 Å². The monoisotopic (exact) mass is 250 g/mol. The lowest BCUT2D eigenvalue weighted by Gasteiger charge is -2.07. The Kier molecular flexibility index (Phi) is 6.76. The van der Waals surface area contributed by atoms with Crippen molar-refractivity contribution >= 4 is 5.97 Å². The third-order valence-electron chi connectivity index (χ3n) is 2.28. The highest BCUT2D eigenvalue weighted by molar-refractivity contribution is 5.89. The van der Waals surface area contributed by atoms with Crippen LogP contribution >= 0.6 is 0 Å². The van der Waals surface area contributed by atoms with Gasteiger partial charge in [0.25, 0.3) is 0 Å². The Hall–Kier alpha value is -1.65. The molecule has 0 atom stereocenters. The molecule has 1 aromatic carbocycles. The molecule has 1 aromatic rings. The minimum atomic E-state index is -0.352. The molecular weight excluding hydrogens is 232 g/mol. The first-order valence-corrected chi connectivity index (χ1v) is 5.72. The van der Waals surface area contributed by atoms with E-state index in [1.807, 2.05) is 12.1 Å². The standard InChI is InChI=1S/C14H18O4/c1-16-13(17-2)10-6-7-11-18-14(15)12-8-4-3-5-9-12/h3-6,8-10,13H,7,11H2,1-2H3. The highest BCUT2D eigenvalue weighted by atomic mass is 16.7. The number of carbonyl (C=O) groups is 1. The normalized spacial score (nSPS) is 11.1. The van der Waals surface area contributed by atoms with Gasteiger partial charge in [0.2, 0.25) is 0 Å². The van der Waals surface area contributed by atoms with Crippen LogP contribution in [-0.4, -0.2) is 33.1 Å². The molecule has 0 aromatic heterocycles. The van der Waals surface area contributed by atoms with Crippen LogP contribution in [0, 0.1) is 0 Å². The maximum atomic E-state index is 11.6. The van der Waals surface area contributed by atoms with Gasteiger partial charge in [0, 0.05) is 14.2 Å². The lowest BCUT2D eigenvalue weighted by Crippen LogP contribution is -2.09. The second-order valence-corrected chi connectivity index (χ2v) is 3.56. The lowest BCUT2D eigenvalue weighted by atomic mass is 10.2. The smallest absolute Gasteiger partial charge is 0.338 e. The largest absolute Gasteiger partial charge is 0.462 e. The first-order valence-electron chi connectivity index (χ1n) is 5.72. The molecule has 0 aliphatic heterocycles. The lowest BCUT2D eigenvalue weighted by molar-refractivity contribution is -0.0667. The van der Waals surface area contributed by atoms with Crippen LogP contribution in [0.3, 0.4) is 0 Å². The summed E-state index contributed by atoms with van der Waals surface area (Å²) in [6.07, 6.45) is 3.91. The summed E-state index contributed by atoms with van der Waals surface area (Å²) in [7, 11) is 3.13. The molecule has 0 saturated heterocycles. The van der Waals surface area contributed by atoms with Crippen molar-refractivity contribution in [3.05, 3.63) is 48.0 Å². The molecule has 0 saturated carbocycles. The maximum Gasteiger partial charge on any atom is 0.338 e. The molecule has 18 heavy (non-hydrogen) atoms. The van der Waals surface area contributed by atoms with Crippen LogP contribution in [0.15, 0.2) is 42.5 Å². The van der Waals surface area contributed by atoms with Gasteiger partial charge < -0.3 is 14.2 Å². The van der Waals surface area contributed by atoms with E-state index in [0.717, 1.165) is 0 Å². The maximum absolute atomic E-state index is 11.6. The summed E-state index contributed by atoms with van der Waals surface area (Å²) in [5.41, 5.74) is 0.563. The highest BCUT2D eigenvalue weighted by Crippen LogP contribution is 2.02. The van der Waals surface area contributed by atoms with Gasteiger partial charge in [-0.1, -0.05) is 24.3 Å². The predicted molar refractivity (Wildman–Crippen MR) is 68.3 cm³/mol. The van der Waals surface area contributed by atoms with E-state index >= 15 is 0 Å². The molecule has 4 nitrogen and oxygen atoms in total. The molecule has 0 spiro atoms. The quantitative estimate of drug-likeness (QED) is 0.322. The Morgan fingerprint density at radius 2 is 1.89 bits per heavy atom. The average molecular weight is 250 g/mol. The van der Waals surface area contributed by atoms with Crippen molar-refractivity contribution < 1.29 is 19.0 Å². The Labute approximate surface area is 107 Å². The second kappa shape index (κ2) is 8.44. The summed E-state index contributed by atoms with van der Waals surface area (Å²) in [5.74, 6) is -0.306. The van der Waals surface area contributed by atoms with E-state index in [1.54, 1.807) is 44.6 Å². The third-order valence-corrected chi connectivity index (χ3v) is 2.28. The molecule has 98 valence electrons. The van der Waals surface area contributed by atoms with Gasteiger partial charge in [-0.15, -0.1) is 0 Å². The summed E-state index contributed by atoms with van der Waals surface area (Å²) in [6.45, 7) is 0.338.